The van der Waals surface area contributed by atoms with E-state index in [0.717, 1.165) is 40.6 Å². The zero-order chi connectivity index (χ0) is 20.3. The molecular weight excluding hydrogens is 381 g/mol. The van der Waals surface area contributed by atoms with Gasteiger partial charge < -0.3 is 15.1 Å². The molecule has 0 saturated carbocycles. The van der Waals surface area contributed by atoms with Gasteiger partial charge in [0.2, 0.25) is 5.91 Å². The van der Waals surface area contributed by atoms with Crippen LogP contribution in [0.25, 0.3) is 0 Å². The molecule has 3 rings (SSSR count). The smallest absolute Gasteiger partial charge is 0.244 e. The number of hydrogen-bond donors (Lipinski definition) is 1. The minimum atomic E-state index is -0.608. The molecule has 1 aromatic carbocycles. The number of rotatable bonds is 6. The fourth-order valence-electron chi connectivity index (χ4n) is 3.50. The largest absolute Gasteiger partial charge is 0.368 e. The van der Waals surface area contributed by atoms with Gasteiger partial charge in [0, 0.05) is 49.1 Å². The Balaban J connectivity index is 1.61. The first-order valence-corrected chi connectivity index (χ1v) is 9.87. The van der Waals surface area contributed by atoms with Crippen molar-refractivity contribution in [2.45, 2.75) is 33.6 Å². The Labute approximate surface area is 170 Å². The summed E-state index contributed by atoms with van der Waals surface area (Å²) in [5.41, 5.74) is 4.26. The van der Waals surface area contributed by atoms with Crippen molar-refractivity contribution in [1.82, 2.24) is 20.0 Å². The number of carbonyl (C=O) groups excluding carboxylic acids is 1. The maximum absolute atomic E-state index is 13.0. The zero-order valence-corrected chi connectivity index (χ0v) is 17.4. The molecular formula is C20H27ClFN5O. The highest BCUT2D eigenvalue weighted by Crippen LogP contribution is 2.24. The van der Waals surface area contributed by atoms with Crippen LogP contribution in [0.2, 0.25) is 5.02 Å². The van der Waals surface area contributed by atoms with Crippen LogP contribution < -0.4 is 10.2 Å². The maximum atomic E-state index is 13.0. The van der Waals surface area contributed by atoms with Crippen LogP contribution in [-0.2, 0) is 24.6 Å². The summed E-state index contributed by atoms with van der Waals surface area (Å²) in [6.07, 6.45) is 0. The van der Waals surface area contributed by atoms with Gasteiger partial charge >= 0.3 is 0 Å². The first-order chi connectivity index (χ1) is 13.4. The minimum Gasteiger partial charge on any atom is -0.368 e. The summed E-state index contributed by atoms with van der Waals surface area (Å²) in [5, 5.41) is 8.11. The Bertz CT molecular complexity index is 845. The fraction of sp³-hybridized carbons (Fsp3) is 0.500. The summed E-state index contributed by atoms with van der Waals surface area (Å²) >= 11 is 6.25. The predicted octanol–water partition coefficient (Wildman–Crippen LogP) is 2.69. The first kappa shape index (κ1) is 20.6. The predicted molar refractivity (Wildman–Crippen MR) is 110 cm³/mol. The second-order valence-corrected chi connectivity index (χ2v) is 7.53. The molecule has 8 heteroatoms. The van der Waals surface area contributed by atoms with Crippen molar-refractivity contribution in [2.24, 2.45) is 0 Å². The van der Waals surface area contributed by atoms with Crippen LogP contribution in [-0.4, -0.2) is 53.8 Å². The SMILES string of the molecule is CNCc1cc(N2CCN(C(=O)Cn3nc(CF)c(C)c3C)CC2)ccc1Cl. The van der Waals surface area contributed by atoms with Gasteiger partial charge in [-0.05, 0) is 50.2 Å². The molecule has 1 N–H and O–H groups in total. The highest BCUT2D eigenvalue weighted by atomic mass is 35.5. The third-order valence-electron chi connectivity index (χ3n) is 5.41. The van der Waals surface area contributed by atoms with Crippen LogP contribution in [0.15, 0.2) is 18.2 Å². The van der Waals surface area contributed by atoms with E-state index >= 15 is 0 Å². The molecule has 0 radical (unpaired) electrons. The quantitative estimate of drug-likeness (QED) is 0.800. The van der Waals surface area contributed by atoms with E-state index in [1.807, 2.05) is 37.9 Å². The standard InChI is InChI=1S/C20H27ClFN5O/c1-14-15(2)27(24-19(14)11-22)13-20(28)26-8-6-25(7-9-26)17-4-5-18(21)16(10-17)12-23-3/h4-5,10,23H,6-9,11-13H2,1-3H3. The number of halogens is 2. The molecule has 1 aromatic heterocycles. The highest BCUT2D eigenvalue weighted by molar-refractivity contribution is 6.31. The van der Waals surface area contributed by atoms with E-state index in [2.05, 4.69) is 21.4 Å². The molecule has 2 heterocycles. The summed E-state index contributed by atoms with van der Waals surface area (Å²) in [4.78, 5) is 16.8. The van der Waals surface area contributed by atoms with E-state index < -0.39 is 6.67 Å². The molecule has 152 valence electrons. The van der Waals surface area contributed by atoms with Crippen LogP contribution in [0.1, 0.15) is 22.5 Å². The lowest BCUT2D eigenvalue weighted by Gasteiger charge is -2.36. The lowest BCUT2D eigenvalue weighted by molar-refractivity contribution is -0.132. The van der Waals surface area contributed by atoms with E-state index in [9.17, 15) is 9.18 Å². The number of nitrogens with zero attached hydrogens (tertiary/aromatic N) is 4. The first-order valence-electron chi connectivity index (χ1n) is 9.49. The number of carbonyl (C=O) groups is 1. The van der Waals surface area contributed by atoms with Gasteiger partial charge in [0.25, 0.3) is 0 Å². The van der Waals surface area contributed by atoms with Crippen LogP contribution in [0.5, 0.6) is 0 Å². The van der Waals surface area contributed by atoms with Crippen molar-refractivity contribution in [3.05, 3.63) is 45.7 Å². The van der Waals surface area contributed by atoms with Crippen LogP contribution in [0.4, 0.5) is 10.1 Å². The molecule has 0 bridgehead atoms. The van der Waals surface area contributed by atoms with Gasteiger partial charge in [0.15, 0.2) is 0 Å². The van der Waals surface area contributed by atoms with Gasteiger partial charge in [-0.15, -0.1) is 0 Å². The number of amides is 1. The number of hydrogen-bond acceptors (Lipinski definition) is 4. The van der Waals surface area contributed by atoms with Crippen molar-refractivity contribution in [3.8, 4) is 0 Å². The second kappa shape index (κ2) is 8.92. The molecule has 6 nitrogen and oxygen atoms in total. The van der Waals surface area contributed by atoms with Gasteiger partial charge in [-0.25, -0.2) is 4.39 Å². The summed E-state index contributed by atoms with van der Waals surface area (Å²) in [7, 11) is 1.90. The second-order valence-electron chi connectivity index (χ2n) is 7.12. The third-order valence-corrected chi connectivity index (χ3v) is 5.78. The molecule has 1 fully saturated rings. The molecule has 0 aliphatic carbocycles. The van der Waals surface area contributed by atoms with Crippen molar-refractivity contribution in [1.29, 1.82) is 0 Å². The highest BCUT2D eigenvalue weighted by Gasteiger charge is 2.23. The number of benzene rings is 1. The van der Waals surface area contributed by atoms with Crippen LogP contribution in [0.3, 0.4) is 0 Å². The van der Waals surface area contributed by atoms with Gasteiger partial charge in [0.05, 0.1) is 5.69 Å². The average Bonchev–Trinajstić information content (AvgIpc) is 2.97. The molecule has 1 saturated heterocycles. The summed E-state index contributed by atoms with van der Waals surface area (Å²) in [5.74, 6) is 0.0163. The van der Waals surface area contributed by atoms with Crippen molar-refractivity contribution in [2.75, 3.05) is 38.1 Å². The zero-order valence-electron chi connectivity index (χ0n) is 16.6. The average molecular weight is 408 g/mol. The molecule has 0 spiro atoms. The van der Waals surface area contributed by atoms with Gasteiger partial charge in [-0.1, -0.05) is 11.6 Å². The summed E-state index contributed by atoms with van der Waals surface area (Å²) in [6.45, 7) is 6.80. The van der Waals surface area contributed by atoms with E-state index in [4.69, 9.17) is 11.6 Å². The minimum absolute atomic E-state index is 0.0163. The van der Waals surface area contributed by atoms with E-state index in [1.54, 1.807) is 4.68 Å². The topological polar surface area (TPSA) is 53.4 Å². The lowest BCUT2D eigenvalue weighted by atomic mass is 10.1. The molecule has 1 amide bonds. The molecule has 1 aliphatic rings. The monoisotopic (exact) mass is 407 g/mol. The van der Waals surface area contributed by atoms with E-state index in [-0.39, 0.29) is 12.5 Å². The van der Waals surface area contributed by atoms with E-state index in [1.165, 1.54) is 0 Å². The van der Waals surface area contributed by atoms with Crippen molar-refractivity contribution in [3.63, 3.8) is 0 Å². The van der Waals surface area contributed by atoms with Crippen molar-refractivity contribution >= 4 is 23.2 Å². The van der Waals surface area contributed by atoms with Crippen LogP contribution in [0, 0.1) is 13.8 Å². The summed E-state index contributed by atoms with van der Waals surface area (Å²) in [6, 6.07) is 6.05. The Morgan fingerprint density at radius 1 is 1.25 bits per heavy atom. The molecule has 0 atom stereocenters. The molecule has 1 aliphatic heterocycles. The normalized spacial score (nSPS) is 14.6. The number of alkyl halides is 1. The Morgan fingerprint density at radius 3 is 2.57 bits per heavy atom. The van der Waals surface area contributed by atoms with Crippen molar-refractivity contribution < 1.29 is 9.18 Å². The van der Waals surface area contributed by atoms with Gasteiger partial charge in [0.1, 0.15) is 13.2 Å². The fourth-order valence-corrected chi connectivity index (χ4v) is 3.69. The third kappa shape index (κ3) is 4.31. The Hall–Kier alpha value is -2.12. The Kier molecular flexibility index (Phi) is 6.57. The Morgan fingerprint density at radius 2 is 1.96 bits per heavy atom. The number of nitrogens with one attached hydrogen (secondary N) is 1. The molecule has 28 heavy (non-hydrogen) atoms. The lowest BCUT2D eigenvalue weighted by Crippen LogP contribution is -2.49. The number of anilines is 1. The number of aromatic nitrogens is 2. The number of piperazine rings is 1. The van der Waals surface area contributed by atoms with E-state index in [0.29, 0.717) is 25.3 Å². The van der Waals surface area contributed by atoms with Crippen LogP contribution >= 0.6 is 11.6 Å². The molecule has 2 aromatic rings. The summed E-state index contributed by atoms with van der Waals surface area (Å²) < 4.78 is 14.6. The molecule has 0 unspecified atom stereocenters. The van der Waals surface area contributed by atoms with Gasteiger partial charge in [-0.3, -0.25) is 9.48 Å². The van der Waals surface area contributed by atoms with Gasteiger partial charge in [-0.2, -0.15) is 5.10 Å². The maximum Gasteiger partial charge on any atom is 0.244 e.